The quantitative estimate of drug-likeness (QED) is 0.851. The summed E-state index contributed by atoms with van der Waals surface area (Å²) in [6, 6.07) is 8.49. The van der Waals surface area contributed by atoms with Crippen LogP contribution in [0.25, 0.3) is 0 Å². The molecular formula is C16H24N2O2. The molecule has 0 bridgehead atoms. The van der Waals surface area contributed by atoms with E-state index in [1.807, 2.05) is 0 Å². The Kier molecular flexibility index (Phi) is 4.78. The smallest absolute Gasteiger partial charge is 0.327 e. The molecule has 2 N–H and O–H groups in total. The van der Waals surface area contributed by atoms with Crippen molar-refractivity contribution in [2.45, 2.75) is 38.8 Å². The van der Waals surface area contributed by atoms with Crippen molar-refractivity contribution in [3.63, 3.8) is 0 Å². The summed E-state index contributed by atoms with van der Waals surface area (Å²) in [5.74, 6) is -0.322. The summed E-state index contributed by atoms with van der Waals surface area (Å²) < 4.78 is 5.06. The number of rotatable bonds is 4. The first-order valence-electron chi connectivity index (χ1n) is 7.28. The van der Waals surface area contributed by atoms with Gasteiger partial charge in [-0.05, 0) is 44.4 Å². The van der Waals surface area contributed by atoms with Crippen molar-refractivity contribution in [1.29, 1.82) is 0 Å². The molecule has 0 aromatic heterocycles. The van der Waals surface area contributed by atoms with Gasteiger partial charge in [0.05, 0.1) is 6.61 Å². The fraction of sp³-hybridized carbons (Fsp3) is 0.562. The molecular weight excluding hydrogens is 252 g/mol. The molecule has 1 aliphatic heterocycles. The van der Waals surface area contributed by atoms with Gasteiger partial charge in [-0.15, -0.1) is 0 Å². The lowest BCUT2D eigenvalue weighted by Gasteiger charge is -2.30. The number of nitrogens with zero attached hydrogens (tertiary/aromatic N) is 1. The van der Waals surface area contributed by atoms with E-state index < -0.39 is 5.54 Å². The minimum Gasteiger partial charge on any atom is -0.465 e. The van der Waals surface area contributed by atoms with Gasteiger partial charge in [-0.2, -0.15) is 0 Å². The Labute approximate surface area is 120 Å². The molecule has 4 heteroatoms. The van der Waals surface area contributed by atoms with Crippen LogP contribution < -0.4 is 5.73 Å². The molecule has 0 radical (unpaired) electrons. The standard InChI is InChI=1S/C16H24N2O2/c1-3-20-15(19)16(2,17)12-18-10-6-9-13-7-4-5-8-14(13)11-18/h4-5,7-8H,3,6,9-12,17H2,1-2H3. The van der Waals surface area contributed by atoms with E-state index in [4.69, 9.17) is 10.5 Å². The third kappa shape index (κ3) is 3.58. The summed E-state index contributed by atoms with van der Waals surface area (Å²) in [5, 5.41) is 0. The Morgan fingerprint density at radius 2 is 2.10 bits per heavy atom. The van der Waals surface area contributed by atoms with Gasteiger partial charge in [0.2, 0.25) is 0 Å². The molecule has 0 fully saturated rings. The maximum absolute atomic E-state index is 11.9. The third-order valence-corrected chi connectivity index (χ3v) is 3.73. The molecule has 1 aromatic carbocycles. The summed E-state index contributed by atoms with van der Waals surface area (Å²) in [4.78, 5) is 14.1. The van der Waals surface area contributed by atoms with Crippen LogP contribution in [0.3, 0.4) is 0 Å². The summed E-state index contributed by atoms with van der Waals surface area (Å²) in [6.07, 6.45) is 2.18. The SMILES string of the molecule is CCOC(=O)C(C)(N)CN1CCCc2ccccc2C1. The maximum Gasteiger partial charge on any atom is 0.327 e. The number of ether oxygens (including phenoxy) is 1. The summed E-state index contributed by atoms with van der Waals surface area (Å²) in [5.41, 5.74) is 7.93. The maximum atomic E-state index is 11.9. The van der Waals surface area contributed by atoms with Gasteiger partial charge in [-0.1, -0.05) is 24.3 Å². The second-order valence-corrected chi connectivity index (χ2v) is 5.72. The second-order valence-electron chi connectivity index (χ2n) is 5.72. The van der Waals surface area contributed by atoms with E-state index in [1.165, 1.54) is 11.1 Å². The zero-order valence-corrected chi connectivity index (χ0v) is 12.4. The molecule has 1 aromatic rings. The molecule has 20 heavy (non-hydrogen) atoms. The van der Waals surface area contributed by atoms with Crippen molar-refractivity contribution in [2.24, 2.45) is 5.73 Å². The van der Waals surface area contributed by atoms with Crippen LogP contribution in [0, 0.1) is 0 Å². The first kappa shape index (κ1) is 15.0. The molecule has 0 saturated carbocycles. The van der Waals surface area contributed by atoms with Crippen molar-refractivity contribution in [2.75, 3.05) is 19.7 Å². The van der Waals surface area contributed by atoms with E-state index in [1.54, 1.807) is 13.8 Å². The molecule has 0 saturated heterocycles. The van der Waals surface area contributed by atoms with Crippen LogP contribution in [0.2, 0.25) is 0 Å². The molecule has 4 nitrogen and oxygen atoms in total. The highest BCUT2D eigenvalue weighted by atomic mass is 16.5. The van der Waals surface area contributed by atoms with E-state index in [-0.39, 0.29) is 5.97 Å². The fourth-order valence-corrected chi connectivity index (χ4v) is 2.73. The Morgan fingerprint density at radius 1 is 1.40 bits per heavy atom. The average Bonchev–Trinajstić information content (AvgIpc) is 2.59. The number of aryl methyl sites for hydroxylation is 1. The van der Waals surface area contributed by atoms with E-state index in [9.17, 15) is 4.79 Å². The van der Waals surface area contributed by atoms with Gasteiger partial charge >= 0.3 is 5.97 Å². The van der Waals surface area contributed by atoms with E-state index in [0.29, 0.717) is 13.2 Å². The van der Waals surface area contributed by atoms with Crippen LogP contribution >= 0.6 is 0 Å². The molecule has 1 unspecified atom stereocenters. The zero-order valence-electron chi connectivity index (χ0n) is 12.4. The number of fused-ring (bicyclic) bond motifs is 1. The molecule has 0 amide bonds. The van der Waals surface area contributed by atoms with Crippen LogP contribution in [0.15, 0.2) is 24.3 Å². The third-order valence-electron chi connectivity index (χ3n) is 3.73. The lowest BCUT2D eigenvalue weighted by Crippen LogP contribution is -2.54. The Hall–Kier alpha value is -1.39. The average molecular weight is 276 g/mol. The first-order chi connectivity index (χ1) is 9.53. The predicted molar refractivity (Wildman–Crippen MR) is 79.3 cm³/mol. The number of carbonyl (C=O) groups is 1. The van der Waals surface area contributed by atoms with Crippen molar-refractivity contribution in [3.8, 4) is 0 Å². The molecule has 1 atom stereocenters. The van der Waals surface area contributed by atoms with Crippen molar-refractivity contribution < 1.29 is 9.53 Å². The summed E-state index contributed by atoms with van der Waals surface area (Å²) in [7, 11) is 0. The van der Waals surface area contributed by atoms with Gasteiger partial charge in [-0.3, -0.25) is 9.69 Å². The van der Waals surface area contributed by atoms with Gasteiger partial charge in [0.25, 0.3) is 0 Å². The summed E-state index contributed by atoms with van der Waals surface area (Å²) in [6.45, 7) is 6.26. The van der Waals surface area contributed by atoms with Gasteiger partial charge in [-0.25, -0.2) is 0 Å². The van der Waals surface area contributed by atoms with Crippen molar-refractivity contribution in [1.82, 2.24) is 4.90 Å². The van der Waals surface area contributed by atoms with E-state index in [2.05, 4.69) is 29.2 Å². The van der Waals surface area contributed by atoms with E-state index in [0.717, 1.165) is 25.9 Å². The van der Waals surface area contributed by atoms with Crippen LogP contribution in [-0.4, -0.2) is 36.1 Å². The molecule has 1 aliphatic rings. The highest BCUT2D eigenvalue weighted by molar-refractivity contribution is 5.80. The topological polar surface area (TPSA) is 55.6 Å². The highest BCUT2D eigenvalue weighted by Gasteiger charge is 2.32. The molecule has 2 rings (SSSR count). The monoisotopic (exact) mass is 276 g/mol. The predicted octanol–water partition coefficient (Wildman–Crippen LogP) is 1.72. The largest absolute Gasteiger partial charge is 0.465 e. The number of esters is 1. The van der Waals surface area contributed by atoms with Crippen molar-refractivity contribution >= 4 is 5.97 Å². The number of benzene rings is 1. The van der Waals surface area contributed by atoms with Crippen LogP contribution in [-0.2, 0) is 22.5 Å². The number of carbonyl (C=O) groups excluding carboxylic acids is 1. The number of nitrogens with two attached hydrogens (primary N) is 1. The summed E-state index contributed by atoms with van der Waals surface area (Å²) >= 11 is 0. The molecule has 0 aliphatic carbocycles. The van der Waals surface area contributed by atoms with Gasteiger partial charge in [0.15, 0.2) is 0 Å². The van der Waals surface area contributed by atoms with Crippen LogP contribution in [0.4, 0.5) is 0 Å². The van der Waals surface area contributed by atoms with Crippen LogP contribution in [0.1, 0.15) is 31.4 Å². The van der Waals surface area contributed by atoms with Gasteiger partial charge in [0.1, 0.15) is 5.54 Å². The van der Waals surface area contributed by atoms with Crippen molar-refractivity contribution in [3.05, 3.63) is 35.4 Å². The highest BCUT2D eigenvalue weighted by Crippen LogP contribution is 2.19. The number of hydrogen-bond acceptors (Lipinski definition) is 4. The zero-order chi connectivity index (χ0) is 14.6. The molecule has 0 spiro atoms. The first-order valence-corrected chi connectivity index (χ1v) is 7.28. The Bertz CT molecular complexity index is 471. The number of hydrogen-bond donors (Lipinski definition) is 1. The van der Waals surface area contributed by atoms with E-state index >= 15 is 0 Å². The molecule has 110 valence electrons. The fourth-order valence-electron chi connectivity index (χ4n) is 2.73. The van der Waals surface area contributed by atoms with Crippen LogP contribution in [0.5, 0.6) is 0 Å². The Morgan fingerprint density at radius 3 is 2.80 bits per heavy atom. The molecule has 1 heterocycles. The van der Waals surface area contributed by atoms with Gasteiger partial charge in [0, 0.05) is 13.1 Å². The Balaban J connectivity index is 2.05. The minimum absolute atomic E-state index is 0.322. The normalized spacial score (nSPS) is 18.8. The minimum atomic E-state index is -0.949. The van der Waals surface area contributed by atoms with Gasteiger partial charge < -0.3 is 10.5 Å². The lowest BCUT2D eigenvalue weighted by atomic mass is 10.0. The lowest BCUT2D eigenvalue weighted by molar-refractivity contribution is -0.149. The second kappa shape index (κ2) is 6.37.